The highest BCUT2D eigenvalue weighted by molar-refractivity contribution is 7.97. The van der Waals surface area contributed by atoms with Gasteiger partial charge in [-0.25, -0.2) is 4.98 Å². The zero-order valence-electron chi connectivity index (χ0n) is 12.4. The summed E-state index contributed by atoms with van der Waals surface area (Å²) in [7, 11) is 0. The van der Waals surface area contributed by atoms with Gasteiger partial charge in [0.25, 0.3) is 11.5 Å². The van der Waals surface area contributed by atoms with E-state index in [-0.39, 0.29) is 11.3 Å². The molecule has 0 aliphatic carbocycles. The van der Waals surface area contributed by atoms with Gasteiger partial charge >= 0.3 is 0 Å². The molecule has 0 spiro atoms. The van der Waals surface area contributed by atoms with Gasteiger partial charge in [-0.15, -0.1) is 0 Å². The van der Waals surface area contributed by atoms with Gasteiger partial charge in [0.05, 0.1) is 5.75 Å². The summed E-state index contributed by atoms with van der Waals surface area (Å²) in [4.78, 5) is 30.7. The maximum atomic E-state index is 12.3. The van der Waals surface area contributed by atoms with E-state index in [9.17, 15) is 9.59 Å². The average Bonchev–Trinajstić information content (AvgIpc) is 2.54. The summed E-state index contributed by atoms with van der Waals surface area (Å²) in [6.45, 7) is 0.978. The zero-order chi connectivity index (χ0) is 16.2. The Morgan fingerprint density at radius 3 is 2.87 bits per heavy atom. The lowest BCUT2D eigenvalue weighted by atomic mass is 10.2. The monoisotopic (exact) mass is 333 g/mol. The van der Waals surface area contributed by atoms with Gasteiger partial charge in [0, 0.05) is 17.8 Å². The molecule has 1 aromatic carbocycles. The van der Waals surface area contributed by atoms with Crippen molar-refractivity contribution in [1.29, 1.82) is 0 Å². The molecule has 8 heteroatoms. The van der Waals surface area contributed by atoms with E-state index in [1.165, 1.54) is 17.8 Å². The van der Waals surface area contributed by atoms with Crippen LogP contribution >= 0.6 is 11.8 Å². The number of aromatic nitrogens is 2. The van der Waals surface area contributed by atoms with Crippen molar-refractivity contribution < 1.29 is 14.3 Å². The molecule has 2 heterocycles. The van der Waals surface area contributed by atoms with E-state index in [1.54, 1.807) is 18.2 Å². The minimum atomic E-state index is -0.449. The largest absolute Gasteiger partial charge is 0.486 e. The van der Waals surface area contributed by atoms with Gasteiger partial charge in [0.15, 0.2) is 11.5 Å². The Hall–Kier alpha value is -2.48. The summed E-state index contributed by atoms with van der Waals surface area (Å²) in [6.07, 6.45) is 1.89. The first-order chi connectivity index (χ1) is 11.2. The minimum absolute atomic E-state index is 0.0766. The Morgan fingerprint density at radius 1 is 1.30 bits per heavy atom. The number of fused-ring (bicyclic) bond motifs is 1. The lowest BCUT2D eigenvalue weighted by Crippen LogP contribution is -2.20. The van der Waals surface area contributed by atoms with Crippen LogP contribution in [0.15, 0.2) is 29.1 Å². The lowest BCUT2D eigenvalue weighted by Gasteiger charge is -2.18. The quantitative estimate of drug-likeness (QED) is 0.884. The zero-order valence-corrected chi connectivity index (χ0v) is 13.2. The Morgan fingerprint density at radius 2 is 2.09 bits per heavy atom. The Kier molecular flexibility index (Phi) is 4.52. The molecule has 0 saturated heterocycles. The van der Waals surface area contributed by atoms with E-state index in [1.807, 2.05) is 6.26 Å². The number of carbonyl (C=O) groups is 1. The van der Waals surface area contributed by atoms with E-state index >= 15 is 0 Å². The van der Waals surface area contributed by atoms with E-state index in [4.69, 9.17) is 9.47 Å². The number of nitrogens with one attached hydrogen (secondary N) is 2. The van der Waals surface area contributed by atoms with E-state index in [0.717, 1.165) is 0 Å². The average molecular weight is 333 g/mol. The molecule has 0 saturated carbocycles. The van der Waals surface area contributed by atoms with E-state index < -0.39 is 5.91 Å². The van der Waals surface area contributed by atoms with Gasteiger partial charge in [-0.3, -0.25) is 9.59 Å². The molecule has 0 bridgehead atoms. The topological polar surface area (TPSA) is 93.3 Å². The molecule has 0 atom stereocenters. The summed E-state index contributed by atoms with van der Waals surface area (Å²) in [5.74, 6) is 1.77. The number of rotatable bonds is 4. The smallest absolute Gasteiger partial charge is 0.274 e. The molecule has 1 amide bonds. The standard InChI is InChI=1S/C15H15N3O4S/c1-23-8-13-17-10(7-14(19)18-13)15(20)16-9-2-3-11-12(6-9)22-5-4-21-11/h2-3,6-7H,4-5,8H2,1H3,(H,16,20)(H,17,18,19). The highest BCUT2D eigenvalue weighted by Crippen LogP contribution is 2.32. The first-order valence-corrected chi connectivity index (χ1v) is 8.35. The number of amides is 1. The van der Waals surface area contributed by atoms with Crippen LogP contribution in [0, 0.1) is 0 Å². The number of thioether (sulfide) groups is 1. The van der Waals surface area contributed by atoms with Gasteiger partial charge in [-0.05, 0) is 18.4 Å². The lowest BCUT2D eigenvalue weighted by molar-refractivity contribution is 0.102. The second-order valence-corrected chi connectivity index (χ2v) is 5.69. The van der Waals surface area contributed by atoms with Gasteiger partial charge < -0.3 is 19.8 Å². The third-order valence-electron chi connectivity index (χ3n) is 3.10. The van der Waals surface area contributed by atoms with Crippen molar-refractivity contribution in [2.45, 2.75) is 5.75 Å². The predicted octanol–water partition coefficient (Wildman–Crippen LogP) is 1.66. The first kappa shape index (κ1) is 15.4. The van der Waals surface area contributed by atoms with Crippen LogP contribution < -0.4 is 20.3 Å². The number of carbonyl (C=O) groups excluding carboxylic acids is 1. The van der Waals surface area contributed by atoms with Crippen LogP contribution in [0.2, 0.25) is 0 Å². The number of hydrogen-bond donors (Lipinski definition) is 2. The van der Waals surface area contributed by atoms with Crippen LogP contribution in [-0.2, 0) is 5.75 Å². The Labute approximate surface area is 136 Å². The highest BCUT2D eigenvalue weighted by Gasteiger charge is 2.15. The normalized spacial score (nSPS) is 12.7. The fraction of sp³-hybridized carbons (Fsp3) is 0.267. The van der Waals surface area contributed by atoms with Crippen molar-refractivity contribution in [3.05, 3.63) is 46.1 Å². The summed E-state index contributed by atoms with van der Waals surface area (Å²) in [6, 6.07) is 6.30. The number of anilines is 1. The number of hydrogen-bond acceptors (Lipinski definition) is 6. The van der Waals surface area contributed by atoms with Crippen molar-refractivity contribution in [1.82, 2.24) is 9.97 Å². The molecule has 1 aliphatic rings. The highest BCUT2D eigenvalue weighted by atomic mass is 32.2. The van der Waals surface area contributed by atoms with Gasteiger partial charge in [-0.1, -0.05) is 0 Å². The molecule has 3 rings (SSSR count). The second kappa shape index (κ2) is 6.74. The molecule has 1 aromatic heterocycles. The molecule has 0 unspecified atom stereocenters. The Bertz CT molecular complexity index is 791. The fourth-order valence-corrected chi connectivity index (χ4v) is 2.56. The van der Waals surface area contributed by atoms with Crippen LogP contribution in [0.1, 0.15) is 16.3 Å². The van der Waals surface area contributed by atoms with Crippen molar-refractivity contribution in [2.24, 2.45) is 0 Å². The van der Waals surface area contributed by atoms with Gasteiger partial charge in [-0.2, -0.15) is 11.8 Å². The molecule has 0 radical (unpaired) electrons. The number of H-pyrrole nitrogens is 1. The van der Waals surface area contributed by atoms with Crippen LogP contribution in [0.3, 0.4) is 0 Å². The summed E-state index contributed by atoms with van der Waals surface area (Å²) < 4.78 is 10.9. The summed E-state index contributed by atoms with van der Waals surface area (Å²) in [5.41, 5.74) is 0.275. The van der Waals surface area contributed by atoms with Crippen LogP contribution in [-0.4, -0.2) is 35.3 Å². The molecule has 0 fully saturated rings. The third kappa shape index (κ3) is 3.65. The van der Waals surface area contributed by atoms with Crippen molar-refractivity contribution in [3.63, 3.8) is 0 Å². The third-order valence-corrected chi connectivity index (χ3v) is 3.67. The van der Waals surface area contributed by atoms with Crippen LogP contribution in [0.4, 0.5) is 5.69 Å². The molecule has 2 N–H and O–H groups in total. The van der Waals surface area contributed by atoms with Crippen molar-refractivity contribution in [2.75, 3.05) is 24.8 Å². The maximum absolute atomic E-state index is 12.3. The van der Waals surface area contributed by atoms with Crippen LogP contribution in [0.25, 0.3) is 0 Å². The van der Waals surface area contributed by atoms with Crippen LogP contribution in [0.5, 0.6) is 11.5 Å². The maximum Gasteiger partial charge on any atom is 0.274 e. The van der Waals surface area contributed by atoms with Gasteiger partial charge in [0.1, 0.15) is 24.7 Å². The summed E-state index contributed by atoms with van der Waals surface area (Å²) in [5, 5.41) is 2.71. The SMILES string of the molecule is CSCc1nc(C(=O)Nc2ccc3c(c2)OCCO3)cc(=O)[nH]1. The number of benzene rings is 1. The first-order valence-electron chi connectivity index (χ1n) is 6.96. The summed E-state index contributed by atoms with van der Waals surface area (Å²) >= 11 is 1.51. The molecule has 2 aromatic rings. The molecular weight excluding hydrogens is 318 g/mol. The predicted molar refractivity (Wildman–Crippen MR) is 87.5 cm³/mol. The Balaban J connectivity index is 1.80. The van der Waals surface area contributed by atoms with Gasteiger partial charge in [0.2, 0.25) is 0 Å². The molecule has 1 aliphatic heterocycles. The molecule has 7 nitrogen and oxygen atoms in total. The second-order valence-electron chi connectivity index (χ2n) is 4.82. The molecule has 120 valence electrons. The van der Waals surface area contributed by atoms with E-state index in [0.29, 0.717) is 42.0 Å². The fourth-order valence-electron chi connectivity index (χ4n) is 2.15. The molecular formula is C15H15N3O4S. The number of nitrogens with zero attached hydrogens (tertiary/aromatic N) is 1. The number of aromatic amines is 1. The van der Waals surface area contributed by atoms with E-state index in [2.05, 4.69) is 15.3 Å². The molecule has 23 heavy (non-hydrogen) atoms. The van der Waals surface area contributed by atoms with Crippen molar-refractivity contribution >= 4 is 23.4 Å². The number of ether oxygens (including phenoxy) is 2. The van der Waals surface area contributed by atoms with Crippen molar-refractivity contribution in [3.8, 4) is 11.5 Å². The minimum Gasteiger partial charge on any atom is -0.486 e.